The Kier molecular flexibility index (Phi) is 5.48. The minimum atomic E-state index is -3.74. The van der Waals surface area contributed by atoms with Crippen LogP contribution < -0.4 is 9.04 Å². The molecule has 0 amide bonds. The van der Waals surface area contributed by atoms with Crippen LogP contribution in [-0.4, -0.2) is 21.4 Å². The third-order valence-corrected chi connectivity index (χ3v) is 5.91. The van der Waals surface area contributed by atoms with Crippen LogP contribution in [0.4, 0.5) is 5.69 Å². The van der Waals surface area contributed by atoms with E-state index in [1.54, 1.807) is 42.5 Å². The first-order valence-corrected chi connectivity index (χ1v) is 9.81. The minimum Gasteiger partial charge on any atom is -0.423 e. The number of hydrogen-bond donors (Lipinski definition) is 0. The fourth-order valence-corrected chi connectivity index (χ4v) is 3.77. The lowest BCUT2D eigenvalue weighted by molar-refractivity contribution is 0.0734. The summed E-state index contributed by atoms with van der Waals surface area (Å²) < 4.78 is 31.9. The summed E-state index contributed by atoms with van der Waals surface area (Å²) in [6.45, 7) is 0. The van der Waals surface area contributed by atoms with E-state index in [9.17, 15) is 13.2 Å². The van der Waals surface area contributed by atoms with Crippen LogP contribution in [0.2, 0.25) is 5.02 Å². The Morgan fingerprint density at radius 3 is 2.22 bits per heavy atom. The van der Waals surface area contributed by atoms with Gasteiger partial charge in [-0.25, -0.2) is 13.2 Å². The van der Waals surface area contributed by atoms with Crippen LogP contribution in [0.3, 0.4) is 0 Å². The Morgan fingerprint density at radius 1 is 0.926 bits per heavy atom. The fraction of sp³-hybridized carbons (Fsp3) is 0.0500. The van der Waals surface area contributed by atoms with E-state index in [2.05, 4.69) is 0 Å². The first kappa shape index (κ1) is 18.9. The van der Waals surface area contributed by atoms with Crippen molar-refractivity contribution in [3.05, 3.63) is 89.4 Å². The minimum absolute atomic E-state index is 0.0770. The van der Waals surface area contributed by atoms with Crippen LogP contribution in [0.25, 0.3) is 0 Å². The van der Waals surface area contributed by atoms with Crippen LogP contribution in [0, 0.1) is 0 Å². The number of esters is 1. The van der Waals surface area contributed by atoms with Gasteiger partial charge < -0.3 is 4.74 Å². The summed E-state index contributed by atoms with van der Waals surface area (Å²) in [6.07, 6.45) is 0. The molecule has 0 aliphatic carbocycles. The maximum atomic E-state index is 12.7. The monoisotopic (exact) mass is 401 g/mol. The Balaban J connectivity index is 1.79. The first-order valence-electron chi connectivity index (χ1n) is 8.00. The van der Waals surface area contributed by atoms with Gasteiger partial charge in [0, 0.05) is 12.1 Å². The van der Waals surface area contributed by atoms with Crippen LogP contribution in [-0.2, 0) is 10.0 Å². The van der Waals surface area contributed by atoms with E-state index in [4.69, 9.17) is 16.3 Å². The lowest BCUT2D eigenvalue weighted by atomic mass is 10.2. The molecule has 27 heavy (non-hydrogen) atoms. The van der Waals surface area contributed by atoms with Crippen molar-refractivity contribution >= 4 is 33.3 Å². The Labute approximate surface area is 162 Å². The summed E-state index contributed by atoms with van der Waals surface area (Å²) in [5, 5.41) is 0.450. The molecule has 0 radical (unpaired) electrons. The summed E-state index contributed by atoms with van der Waals surface area (Å²) in [6, 6.07) is 20.8. The number of halogens is 1. The molecule has 0 spiro atoms. The van der Waals surface area contributed by atoms with Gasteiger partial charge in [-0.15, -0.1) is 0 Å². The van der Waals surface area contributed by atoms with Gasteiger partial charge in [-0.05, 0) is 54.6 Å². The predicted molar refractivity (Wildman–Crippen MR) is 105 cm³/mol. The third kappa shape index (κ3) is 4.30. The highest BCUT2D eigenvalue weighted by molar-refractivity contribution is 7.92. The summed E-state index contributed by atoms with van der Waals surface area (Å²) in [7, 11) is -2.26. The number of anilines is 1. The van der Waals surface area contributed by atoms with Crippen molar-refractivity contribution in [2.75, 3.05) is 11.4 Å². The maximum absolute atomic E-state index is 12.7. The third-order valence-electron chi connectivity index (χ3n) is 3.87. The van der Waals surface area contributed by atoms with Gasteiger partial charge in [-0.1, -0.05) is 35.9 Å². The molecule has 0 unspecified atom stereocenters. The lowest BCUT2D eigenvalue weighted by Gasteiger charge is -2.19. The normalized spacial score (nSPS) is 11.0. The predicted octanol–water partition coefficient (Wildman–Crippen LogP) is 4.38. The summed E-state index contributed by atoms with van der Waals surface area (Å²) in [4.78, 5) is 12.3. The molecule has 7 heteroatoms. The highest BCUT2D eigenvalue weighted by Crippen LogP contribution is 2.23. The molecule has 0 N–H and O–H groups in total. The number of hydrogen-bond acceptors (Lipinski definition) is 4. The first-order chi connectivity index (χ1) is 12.9. The van der Waals surface area contributed by atoms with Crippen LogP contribution in [0.15, 0.2) is 83.8 Å². The molecular weight excluding hydrogens is 386 g/mol. The van der Waals surface area contributed by atoms with Gasteiger partial charge in [0.1, 0.15) is 5.75 Å². The topological polar surface area (TPSA) is 63.7 Å². The van der Waals surface area contributed by atoms with E-state index in [-0.39, 0.29) is 10.5 Å². The molecule has 5 nitrogen and oxygen atoms in total. The average molecular weight is 402 g/mol. The Bertz CT molecular complexity index is 1050. The number of sulfonamides is 1. The zero-order chi connectivity index (χ0) is 19.4. The Morgan fingerprint density at radius 2 is 1.59 bits per heavy atom. The quantitative estimate of drug-likeness (QED) is 0.470. The molecule has 0 fully saturated rings. The second-order valence-corrected chi connectivity index (χ2v) is 8.09. The molecule has 0 aromatic heterocycles. The maximum Gasteiger partial charge on any atom is 0.343 e. The molecule has 0 heterocycles. The number of ether oxygens (including phenoxy) is 1. The molecule has 138 valence electrons. The van der Waals surface area contributed by atoms with Crippen molar-refractivity contribution in [2.45, 2.75) is 4.90 Å². The number of benzene rings is 3. The van der Waals surface area contributed by atoms with E-state index < -0.39 is 16.0 Å². The Hall–Kier alpha value is -2.83. The van der Waals surface area contributed by atoms with Crippen molar-refractivity contribution in [1.29, 1.82) is 0 Å². The van der Waals surface area contributed by atoms with Gasteiger partial charge in [0.2, 0.25) is 0 Å². The van der Waals surface area contributed by atoms with Crippen molar-refractivity contribution in [3.63, 3.8) is 0 Å². The van der Waals surface area contributed by atoms with Crippen molar-refractivity contribution in [3.8, 4) is 5.75 Å². The summed E-state index contributed by atoms with van der Waals surface area (Å²) >= 11 is 5.86. The largest absolute Gasteiger partial charge is 0.423 e. The van der Waals surface area contributed by atoms with Gasteiger partial charge in [0.25, 0.3) is 10.0 Å². The number of para-hydroxylation sites is 1. The standard InChI is InChI=1S/C20H16ClNO4S/c1-22(17-7-3-2-4-8-17)27(24,25)19-12-10-15(11-13-19)20(23)26-18-9-5-6-16(21)14-18/h2-14H,1H3. The highest BCUT2D eigenvalue weighted by Gasteiger charge is 2.21. The van der Waals surface area contributed by atoms with Crippen LogP contribution in [0.1, 0.15) is 10.4 Å². The molecule has 0 saturated carbocycles. The summed E-state index contributed by atoms with van der Waals surface area (Å²) in [5.74, 6) is -0.286. The van der Waals surface area contributed by atoms with E-state index in [0.717, 1.165) is 0 Å². The van der Waals surface area contributed by atoms with E-state index >= 15 is 0 Å². The zero-order valence-corrected chi connectivity index (χ0v) is 15.9. The van der Waals surface area contributed by atoms with Crippen LogP contribution >= 0.6 is 11.6 Å². The molecule has 0 aliphatic rings. The van der Waals surface area contributed by atoms with Crippen LogP contribution in [0.5, 0.6) is 5.75 Å². The van der Waals surface area contributed by atoms with Gasteiger partial charge in [-0.2, -0.15) is 0 Å². The number of nitrogens with zero attached hydrogens (tertiary/aromatic N) is 1. The van der Waals surface area contributed by atoms with Gasteiger partial charge >= 0.3 is 5.97 Å². The molecular formula is C20H16ClNO4S. The van der Waals surface area contributed by atoms with Crippen molar-refractivity contribution in [1.82, 2.24) is 0 Å². The second-order valence-electron chi connectivity index (χ2n) is 5.68. The SMILES string of the molecule is CN(c1ccccc1)S(=O)(=O)c1ccc(C(=O)Oc2cccc(Cl)c2)cc1. The molecule has 3 aromatic rings. The van der Waals surface area contributed by atoms with Gasteiger partial charge in [-0.3, -0.25) is 4.31 Å². The van der Waals surface area contributed by atoms with Gasteiger partial charge in [0.05, 0.1) is 16.1 Å². The van der Waals surface area contributed by atoms with Crippen molar-refractivity contribution < 1.29 is 17.9 Å². The summed E-state index contributed by atoms with van der Waals surface area (Å²) in [5.41, 5.74) is 0.776. The lowest BCUT2D eigenvalue weighted by Crippen LogP contribution is -2.26. The second kappa shape index (κ2) is 7.82. The van der Waals surface area contributed by atoms with E-state index in [1.807, 2.05) is 6.07 Å². The van der Waals surface area contributed by atoms with Gasteiger partial charge in [0.15, 0.2) is 0 Å². The molecule has 0 atom stereocenters. The van der Waals surface area contributed by atoms with E-state index in [0.29, 0.717) is 16.5 Å². The number of carbonyl (C=O) groups excluding carboxylic acids is 1. The molecule has 3 aromatic carbocycles. The highest BCUT2D eigenvalue weighted by atomic mass is 35.5. The number of carbonyl (C=O) groups is 1. The molecule has 0 bridgehead atoms. The number of rotatable bonds is 5. The van der Waals surface area contributed by atoms with Crippen molar-refractivity contribution in [2.24, 2.45) is 0 Å². The zero-order valence-electron chi connectivity index (χ0n) is 14.4. The molecule has 0 aliphatic heterocycles. The van der Waals surface area contributed by atoms with E-state index in [1.165, 1.54) is 41.7 Å². The fourth-order valence-electron chi connectivity index (χ4n) is 2.39. The smallest absolute Gasteiger partial charge is 0.343 e. The average Bonchev–Trinajstić information content (AvgIpc) is 2.68. The molecule has 3 rings (SSSR count). The molecule has 0 saturated heterocycles.